The van der Waals surface area contributed by atoms with Crippen molar-refractivity contribution in [2.45, 2.75) is 117 Å². The van der Waals surface area contributed by atoms with Crippen LogP contribution in [0.3, 0.4) is 0 Å². The lowest BCUT2D eigenvalue weighted by atomic mass is 9.81. The fourth-order valence-corrected chi connectivity index (χ4v) is 7.05. The Kier molecular flexibility index (Phi) is 11.1. The van der Waals surface area contributed by atoms with Gasteiger partial charge in [0.1, 0.15) is 35.8 Å². The lowest BCUT2D eigenvalue weighted by Gasteiger charge is -2.49. The monoisotopic (exact) mass is 643 g/mol. The van der Waals surface area contributed by atoms with Gasteiger partial charge in [-0.05, 0) is 71.2 Å². The molecule has 0 radical (unpaired) electrons. The maximum Gasteiger partial charge on any atom is 0.253 e. The van der Waals surface area contributed by atoms with Gasteiger partial charge in [0.25, 0.3) is 5.91 Å². The number of nitrogens with one attached hydrogen (secondary N) is 4. The number of β-amino-alcohol motifs (C(OH)–C–C–N with tert-alkyl or cyclic N) is 1. The highest BCUT2D eigenvalue weighted by molar-refractivity contribution is 5.86. The molecule has 2 saturated heterocycles. The van der Waals surface area contributed by atoms with Crippen molar-refractivity contribution in [3.05, 3.63) is 11.8 Å². The maximum absolute atomic E-state index is 13.2. The number of nitrogens with two attached hydrogens (primary N) is 3. The van der Waals surface area contributed by atoms with Crippen molar-refractivity contribution in [3.8, 4) is 0 Å². The summed E-state index contributed by atoms with van der Waals surface area (Å²) in [4.78, 5) is 13.2. The molecular formula is C29H53N7O9. The van der Waals surface area contributed by atoms with E-state index in [1.54, 1.807) is 7.05 Å². The molecule has 45 heavy (non-hydrogen) atoms. The normalized spacial score (nSPS) is 47.0. The summed E-state index contributed by atoms with van der Waals surface area (Å²) in [5.74, 6) is 0.588. The van der Waals surface area contributed by atoms with Crippen molar-refractivity contribution in [1.82, 2.24) is 21.3 Å². The molecule has 0 aromatic carbocycles. The number of amides is 1. The van der Waals surface area contributed by atoms with Crippen molar-refractivity contribution in [2.75, 3.05) is 39.8 Å². The van der Waals surface area contributed by atoms with Crippen LogP contribution in [0.2, 0.25) is 0 Å². The molecule has 5 aliphatic rings. The van der Waals surface area contributed by atoms with Crippen molar-refractivity contribution < 1.29 is 44.2 Å². The first-order valence-electron chi connectivity index (χ1n) is 16.1. The second-order valence-electron chi connectivity index (χ2n) is 13.7. The van der Waals surface area contributed by atoms with Crippen LogP contribution in [-0.4, -0.2) is 145 Å². The number of hydrogen-bond donors (Lipinski definition) is 11. The van der Waals surface area contributed by atoms with Crippen molar-refractivity contribution in [1.29, 1.82) is 0 Å². The summed E-state index contributed by atoms with van der Waals surface area (Å²) in [6.45, 7) is 3.24. The standard InChI is InChI=1S/C29H53N7O9/c1-28(40)13-42-26(21(38)24(28)33-2)45-23-19(36-27(39)29(41)5-6-34-12-29)9-18(32)22(20(23)37)44-25-17(31)4-3-16(43-25)11-35-10-14-7-15(30)8-14/h3,14-15,17-26,33-35,37-38,40-41H,4-13,30-32H2,1-2H3,(H,36,39)/t14-,15-,17-,18+,19-,20+,21-,22-,23+,24-,25-,26-,28+,29?/m1/s1. The molecule has 5 rings (SSSR count). The van der Waals surface area contributed by atoms with E-state index in [-0.39, 0.29) is 32.0 Å². The van der Waals surface area contributed by atoms with Crippen LogP contribution in [0.1, 0.15) is 39.0 Å². The zero-order valence-corrected chi connectivity index (χ0v) is 26.1. The zero-order valence-electron chi connectivity index (χ0n) is 26.1. The molecule has 2 saturated carbocycles. The Morgan fingerprint density at radius 3 is 2.49 bits per heavy atom. The Bertz CT molecular complexity index is 1040. The van der Waals surface area contributed by atoms with E-state index in [0.717, 1.165) is 19.4 Å². The van der Waals surface area contributed by atoms with Crippen LogP contribution in [0.5, 0.6) is 0 Å². The largest absolute Gasteiger partial charge is 0.467 e. The second kappa shape index (κ2) is 14.3. The minimum Gasteiger partial charge on any atom is -0.467 e. The zero-order chi connectivity index (χ0) is 32.5. The summed E-state index contributed by atoms with van der Waals surface area (Å²) in [6.07, 6.45) is -2.41. The van der Waals surface area contributed by atoms with Gasteiger partial charge in [-0.3, -0.25) is 4.79 Å². The molecule has 0 aromatic rings. The molecule has 0 bridgehead atoms. The number of carbonyl (C=O) groups is 1. The predicted molar refractivity (Wildman–Crippen MR) is 161 cm³/mol. The smallest absolute Gasteiger partial charge is 0.253 e. The summed E-state index contributed by atoms with van der Waals surface area (Å²) in [6, 6.07) is -2.71. The first-order valence-corrected chi connectivity index (χ1v) is 16.1. The minimum atomic E-state index is -1.63. The van der Waals surface area contributed by atoms with Crippen LogP contribution in [0.15, 0.2) is 11.8 Å². The van der Waals surface area contributed by atoms with Crippen LogP contribution in [0, 0.1) is 5.92 Å². The molecule has 16 heteroatoms. The Balaban J connectivity index is 1.27. The first-order chi connectivity index (χ1) is 21.3. The quantitative estimate of drug-likeness (QED) is 0.101. The highest BCUT2D eigenvalue weighted by Gasteiger charge is 2.52. The van der Waals surface area contributed by atoms with E-state index in [2.05, 4.69) is 21.3 Å². The lowest BCUT2D eigenvalue weighted by Crippen LogP contribution is -2.70. The SMILES string of the molecule is CN[C@@H]1[C@@H](O)[C@@H](O[C@@H]2[C@@H](O)[C@H](O[C@H]3OC(CNC[C@H]4C[C@H](N)C4)=CC[C@H]3N)[C@@H](N)C[C@H]2NC(=O)C2(O)CCNC2)OC[C@]1(C)O. The number of hydrogen-bond acceptors (Lipinski definition) is 15. The first kappa shape index (κ1) is 34.8. The molecule has 258 valence electrons. The molecule has 0 spiro atoms. The van der Waals surface area contributed by atoms with E-state index < -0.39 is 78.3 Å². The number of aliphatic hydroxyl groups is 4. The van der Waals surface area contributed by atoms with Gasteiger partial charge in [0.2, 0.25) is 6.29 Å². The molecule has 12 atom stereocenters. The summed E-state index contributed by atoms with van der Waals surface area (Å²) < 4.78 is 24.2. The summed E-state index contributed by atoms with van der Waals surface area (Å²) >= 11 is 0. The summed E-state index contributed by atoms with van der Waals surface area (Å²) in [5, 5.41) is 56.4. The van der Waals surface area contributed by atoms with Crippen molar-refractivity contribution in [2.24, 2.45) is 23.1 Å². The number of carbonyl (C=O) groups excluding carboxylic acids is 1. The predicted octanol–water partition coefficient (Wildman–Crippen LogP) is -4.60. The summed E-state index contributed by atoms with van der Waals surface area (Å²) in [5.41, 5.74) is 15.8. The van der Waals surface area contributed by atoms with Gasteiger partial charge in [-0.2, -0.15) is 0 Å². The second-order valence-corrected chi connectivity index (χ2v) is 13.7. The topological polar surface area (TPSA) is 261 Å². The molecule has 0 aromatic heterocycles. The Morgan fingerprint density at radius 2 is 1.82 bits per heavy atom. The number of aliphatic hydroxyl groups excluding tert-OH is 2. The Labute approximate surface area is 263 Å². The fraction of sp³-hybridized carbons (Fsp3) is 0.897. The summed E-state index contributed by atoms with van der Waals surface area (Å²) in [7, 11) is 1.59. The van der Waals surface area contributed by atoms with Crippen LogP contribution in [0.4, 0.5) is 0 Å². The van der Waals surface area contributed by atoms with Gasteiger partial charge in [0.15, 0.2) is 11.9 Å². The van der Waals surface area contributed by atoms with E-state index in [1.165, 1.54) is 6.92 Å². The fourth-order valence-electron chi connectivity index (χ4n) is 7.05. The van der Waals surface area contributed by atoms with Gasteiger partial charge in [0, 0.05) is 18.6 Å². The maximum atomic E-state index is 13.2. The number of likely N-dealkylation sites (N-methyl/N-ethyl adjacent to an activating group) is 1. The van der Waals surface area contributed by atoms with Crippen LogP contribution >= 0.6 is 0 Å². The van der Waals surface area contributed by atoms with Gasteiger partial charge < -0.3 is 77.8 Å². The molecule has 14 N–H and O–H groups in total. The van der Waals surface area contributed by atoms with E-state index in [1.807, 2.05) is 6.08 Å². The highest BCUT2D eigenvalue weighted by atomic mass is 16.7. The van der Waals surface area contributed by atoms with Gasteiger partial charge >= 0.3 is 0 Å². The average Bonchev–Trinajstić information content (AvgIpc) is 3.42. The van der Waals surface area contributed by atoms with Gasteiger partial charge in [-0.25, -0.2) is 0 Å². The molecular weight excluding hydrogens is 590 g/mol. The minimum absolute atomic E-state index is 0.0800. The molecule has 16 nitrogen and oxygen atoms in total. The van der Waals surface area contributed by atoms with Crippen LogP contribution in [-0.2, 0) is 23.7 Å². The molecule has 3 heterocycles. The average molecular weight is 644 g/mol. The van der Waals surface area contributed by atoms with E-state index in [9.17, 15) is 25.2 Å². The van der Waals surface area contributed by atoms with Gasteiger partial charge in [-0.1, -0.05) is 0 Å². The van der Waals surface area contributed by atoms with Gasteiger partial charge in [-0.15, -0.1) is 0 Å². The molecule has 4 fully saturated rings. The third kappa shape index (κ3) is 7.80. The van der Waals surface area contributed by atoms with E-state index in [4.69, 9.17) is 36.1 Å². The molecule has 1 amide bonds. The van der Waals surface area contributed by atoms with E-state index in [0.29, 0.717) is 31.2 Å². The molecule has 1 unspecified atom stereocenters. The lowest BCUT2D eigenvalue weighted by molar-refractivity contribution is -0.304. The van der Waals surface area contributed by atoms with Crippen LogP contribution in [0.25, 0.3) is 0 Å². The van der Waals surface area contributed by atoms with Gasteiger partial charge in [0.05, 0.1) is 31.3 Å². The third-order valence-electron chi connectivity index (χ3n) is 9.85. The molecule has 2 aliphatic carbocycles. The van der Waals surface area contributed by atoms with Crippen molar-refractivity contribution >= 4 is 5.91 Å². The Morgan fingerprint density at radius 1 is 1.09 bits per heavy atom. The number of ether oxygens (including phenoxy) is 4. The van der Waals surface area contributed by atoms with Crippen molar-refractivity contribution in [3.63, 3.8) is 0 Å². The van der Waals surface area contributed by atoms with Crippen LogP contribution < -0.4 is 38.5 Å². The highest BCUT2D eigenvalue weighted by Crippen LogP contribution is 2.32. The third-order valence-corrected chi connectivity index (χ3v) is 9.85. The number of rotatable bonds is 11. The Hall–Kier alpha value is -1.51. The van der Waals surface area contributed by atoms with E-state index >= 15 is 0 Å². The molecule has 3 aliphatic heterocycles.